The molecule has 5 nitrogen and oxygen atoms in total. The van der Waals surface area contributed by atoms with Crippen molar-refractivity contribution in [2.45, 2.75) is 45.7 Å². The van der Waals surface area contributed by atoms with Crippen LogP contribution in [0, 0.1) is 5.92 Å². The molecule has 0 aromatic carbocycles. The average Bonchev–Trinajstić information content (AvgIpc) is 2.94. The topological polar surface area (TPSA) is 78.4 Å². The lowest BCUT2D eigenvalue weighted by atomic mass is 9.99. The molecule has 6 heteroatoms. The first-order chi connectivity index (χ1) is 9.49. The number of carboxylic acids is 1. The number of carbonyl (C=O) groups excluding carboxylic acids is 1. The number of thiophene rings is 1. The van der Waals surface area contributed by atoms with Crippen LogP contribution in [0.5, 0.6) is 0 Å². The van der Waals surface area contributed by atoms with Gasteiger partial charge in [0.05, 0.1) is 6.04 Å². The summed E-state index contributed by atoms with van der Waals surface area (Å²) >= 11 is 1.57. The highest BCUT2D eigenvalue weighted by Gasteiger charge is 2.26. The second-order valence-corrected chi connectivity index (χ2v) is 5.77. The number of nitrogens with one attached hydrogen (secondary N) is 2. The number of urea groups is 1. The summed E-state index contributed by atoms with van der Waals surface area (Å²) in [6.07, 6.45) is 1.45. The van der Waals surface area contributed by atoms with Gasteiger partial charge >= 0.3 is 12.0 Å². The van der Waals surface area contributed by atoms with Crippen LogP contribution in [-0.4, -0.2) is 23.1 Å². The zero-order valence-electron chi connectivity index (χ0n) is 12.1. The van der Waals surface area contributed by atoms with Gasteiger partial charge in [-0.2, -0.15) is 0 Å². The highest BCUT2D eigenvalue weighted by Crippen LogP contribution is 2.21. The molecule has 1 aromatic heterocycles. The van der Waals surface area contributed by atoms with Crippen LogP contribution in [-0.2, 0) is 4.79 Å². The van der Waals surface area contributed by atoms with Crippen molar-refractivity contribution in [1.29, 1.82) is 0 Å². The smallest absolute Gasteiger partial charge is 0.326 e. The van der Waals surface area contributed by atoms with Gasteiger partial charge in [-0.25, -0.2) is 9.59 Å². The van der Waals surface area contributed by atoms with Gasteiger partial charge in [0, 0.05) is 4.88 Å². The van der Waals surface area contributed by atoms with Gasteiger partial charge in [0.25, 0.3) is 0 Å². The van der Waals surface area contributed by atoms with Gasteiger partial charge in [-0.1, -0.05) is 33.3 Å². The third-order valence-corrected chi connectivity index (χ3v) is 4.35. The number of carboxylic acid groups (broad SMARTS) is 1. The predicted molar refractivity (Wildman–Crippen MR) is 79.9 cm³/mol. The summed E-state index contributed by atoms with van der Waals surface area (Å²) in [7, 11) is 0. The summed E-state index contributed by atoms with van der Waals surface area (Å²) < 4.78 is 0. The zero-order chi connectivity index (χ0) is 15.1. The molecule has 1 aromatic rings. The van der Waals surface area contributed by atoms with Crippen LogP contribution < -0.4 is 10.6 Å². The number of carbonyl (C=O) groups is 2. The fourth-order valence-corrected chi connectivity index (χ4v) is 2.75. The minimum Gasteiger partial charge on any atom is -0.480 e. The predicted octanol–water partition coefficient (Wildman–Crippen LogP) is 3.00. The Bertz CT molecular complexity index is 434. The molecule has 1 heterocycles. The summed E-state index contributed by atoms with van der Waals surface area (Å²) in [6.45, 7) is 5.70. The molecule has 1 rings (SSSR count). The van der Waals surface area contributed by atoms with Crippen molar-refractivity contribution in [1.82, 2.24) is 10.6 Å². The molecule has 2 amide bonds. The maximum atomic E-state index is 12.0. The lowest BCUT2D eigenvalue weighted by molar-refractivity contribution is -0.140. The van der Waals surface area contributed by atoms with E-state index in [-0.39, 0.29) is 12.0 Å². The zero-order valence-corrected chi connectivity index (χ0v) is 12.9. The molecule has 3 atom stereocenters. The van der Waals surface area contributed by atoms with Gasteiger partial charge in [0.15, 0.2) is 0 Å². The van der Waals surface area contributed by atoms with Gasteiger partial charge in [-0.3, -0.25) is 0 Å². The minimum absolute atomic E-state index is 0.0821. The normalized spacial score (nSPS) is 15.2. The van der Waals surface area contributed by atoms with Crippen molar-refractivity contribution in [2.24, 2.45) is 5.92 Å². The Morgan fingerprint density at radius 1 is 1.30 bits per heavy atom. The van der Waals surface area contributed by atoms with Gasteiger partial charge in [-0.15, -0.1) is 11.3 Å². The van der Waals surface area contributed by atoms with Gasteiger partial charge in [-0.05, 0) is 23.8 Å². The molecular weight excluding hydrogens is 276 g/mol. The van der Waals surface area contributed by atoms with E-state index < -0.39 is 18.0 Å². The SMILES string of the molecule is CCC(NC(=O)N[C@H](C(=O)O)C(C)CC)c1cccs1. The first-order valence-electron chi connectivity index (χ1n) is 6.82. The third kappa shape index (κ3) is 4.52. The van der Waals surface area contributed by atoms with Crippen LogP contribution in [0.1, 0.15) is 44.5 Å². The third-order valence-electron chi connectivity index (χ3n) is 3.37. The van der Waals surface area contributed by atoms with Crippen LogP contribution in [0.3, 0.4) is 0 Å². The fourth-order valence-electron chi connectivity index (χ4n) is 1.89. The number of aliphatic carboxylic acids is 1. The number of amides is 2. The van der Waals surface area contributed by atoms with E-state index in [0.717, 1.165) is 11.3 Å². The Hall–Kier alpha value is -1.56. The maximum absolute atomic E-state index is 12.0. The van der Waals surface area contributed by atoms with Crippen LogP contribution in [0.2, 0.25) is 0 Å². The Morgan fingerprint density at radius 2 is 2.00 bits per heavy atom. The van der Waals surface area contributed by atoms with Gasteiger partial charge in [0.2, 0.25) is 0 Å². The molecule has 0 aliphatic heterocycles. The largest absolute Gasteiger partial charge is 0.480 e. The Kier molecular flexibility index (Phi) is 6.51. The van der Waals surface area contributed by atoms with E-state index in [2.05, 4.69) is 10.6 Å². The lowest BCUT2D eigenvalue weighted by Crippen LogP contribution is -2.49. The van der Waals surface area contributed by atoms with Crippen molar-refractivity contribution < 1.29 is 14.7 Å². The average molecular weight is 298 g/mol. The summed E-state index contributed by atoms with van der Waals surface area (Å²) in [5.41, 5.74) is 0. The number of hydrogen-bond donors (Lipinski definition) is 3. The van der Waals surface area contributed by atoms with Crippen LogP contribution in [0.15, 0.2) is 17.5 Å². The van der Waals surface area contributed by atoms with E-state index in [4.69, 9.17) is 5.11 Å². The molecule has 20 heavy (non-hydrogen) atoms. The standard InChI is InChI=1S/C14H22N2O3S/c1-4-9(3)12(13(17)18)16-14(19)15-10(5-2)11-7-6-8-20-11/h6-10,12H,4-5H2,1-3H3,(H,17,18)(H2,15,16,19)/t9?,10?,12-/m0/s1. The Labute approximate surface area is 123 Å². The van der Waals surface area contributed by atoms with Crippen molar-refractivity contribution in [3.05, 3.63) is 22.4 Å². The van der Waals surface area contributed by atoms with E-state index in [9.17, 15) is 9.59 Å². The molecule has 0 bridgehead atoms. The molecule has 2 unspecified atom stereocenters. The van der Waals surface area contributed by atoms with E-state index in [1.807, 2.05) is 38.3 Å². The molecule has 0 fully saturated rings. The number of rotatable bonds is 7. The summed E-state index contributed by atoms with van der Waals surface area (Å²) in [5, 5.41) is 16.5. The highest BCUT2D eigenvalue weighted by atomic mass is 32.1. The van der Waals surface area contributed by atoms with Crippen molar-refractivity contribution in [2.75, 3.05) is 0 Å². The molecule has 3 N–H and O–H groups in total. The minimum atomic E-state index is -1.00. The second kappa shape index (κ2) is 7.89. The molecule has 0 saturated heterocycles. The van der Waals surface area contributed by atoms with E-state index in [0.29, 0.717) is 6.42 Å². The van der Waals surface area contributed by atoms with Gasteiger partial charge in [0.1, 0.15) is 6.04 Å². The first kappa shape index (κ1) is 16.5. The summed E-state index contributed by atoms with van der Waals surface area (Å²) in [5.74, 6) is -1.11. The van der Waals surface area contributed by atoms with Crippen molar-refractivity contribution in [3.63, 3.8) is 0 Å². The Balaban J connectivity index is 2.63. The highest BCUT2D eigenvalue weighted by molar-refractivity contribution is 7.10. The van der Waals surface area contributed by atoms with Crippen LogP contribution in [0.4, 0.5) is 4.79 Å². The summed E-state index contributed by atoms with van der Waals surface area (Å²) in [4.78, 5) is 24.2. The molecular formula is C14H22N2O3S. The van der Waals surface area contributed by atoms with Crippen molar-refractivity contribution >= 4 is 23.3 Å². The monoisotopic (exact) mass is 298 g/mol. The fraction of sp³-hybridized carbons (Fsp3) is 0.571. The van der Waals surface area contributed by atoms with E-state index >= 15 is 0 Å². The summed E-state index contributed by atoms with van der Waals surface area (Å²) in [6, 6.07) is 2.52. The van der Waals surface area contributed by atoms with Crippen LogP contribution in [0.25, 0.3) is 0 Å². The molecule has 0 aliphatic carbocycles. The molecule has 0 aliphatic rings. The quantitative estimate of drug-likeness (QED) is 0.724. The first-order valence-corrected chi connectivity index (χ1v) is 7.70. The van der Waals surface area contributed by atoms with Crippen molar-refractivity contribution in [3.8, 4) is 0 Å². The van der Waals surface area contributed by atoms with E-state index in [1.165, 1.54) is 0 Å². The maximum Gasteiger partial charge on any atom is 0.326 e. The number of hydrogen-bond acceptors (Lipinski definition) is 3. The molecule has 0 saturated carbocycles. The lowest BCUT2D eigenvalue weighted by Gasteiger charge is -2.22. The second-order valence-electron chi connectivity index (χ2n) is 4.80. The van der Waals surface area contributed by atoms with Gasteiger partial charge < -0.3 is 15.7 Å². The molecule has 0 radical (unpaired) electrons. The Morgan fingerprint density at radius 3 is 2.45 bits per heavy atom. The molecule has 112 valence electrons. The van der Waals surface area contributed by atoms with E-state index in [1.54, 1.807) is 11.3 Å². The molecule has 0 spiro atoms. The van der Waals surface area contributed by atoms with Crippen LogP contribution >= 0.6 is 11.3 Å².